The minimum absolute atomic E-state index is 0.0311. The Morgan fingerprint density at radius 1 is 1.17 bits per heavy atom. The highest BCUT2D eigenvalue weighted by Crippen LogP contribution is 2.37. The van der Waals surface area contributed by atoms with Gasteiger partial charge < -0.3 is 24.8 Å². The van der Waals surface area contributed by atoms with Gasteiger partial charge in [0.25, 0.3) is 0 Å². The first-order valence-electron chi connectivity index (χ1n) is 11.7. The summed E-state index contributed by atoms with van der Waals surface area (Å²) in [4.78, 5) is 11.8. The van der Waals surface area contributed by atoms with E-state index in [1.807, 2.05) is 36.5 Å². The van der Waals surface area contributed by atoms with Crippen LogP contribution in [0.4, 0.5) is 5.82 Å². The molecule has 3 heterocycles. The van der Waals surface area contributed by atoms with Crippen molar-refractivity contribution in [2.45, 2.75) is 18.8 Å². The Bertz CT molecular complexity index is 1320. The number of aromatic nitrogens is 4. The van der Waals surface area contributed by atoms with E-state index in [4.69, 9.17) is 29.9 Å². The van der Waals surface area contributed by atoms with Gasteiger partial charge in [-0.25, -0.2) is 9.97 Å². The largest absolute Gasteiger partial charge is 0.497 e. The molecule has 1 unspecified atom stereocenters. The molecule has 3 N–H and O–H groups in total. The zero-order valence-corrected chi connectivity index (χ0v) is 20.2. The van der Waals surface area contributed by atoms with Crippen molar-refractivity contribution in [2.24, 2.45) is 0 Å². The van der Waals surface area contributed by atoms with Crippen LogP contribution < -0.4 is 19.9 Å². The van der Waals surface area contributed by atoms with Crippen LogP contribution in [-0.2, 0) is 6.42 Å². The summed E-state index contributed by atoms with van der Waals surface area (Å²) in [6.45, 7) is 1.99. The number of benzene rings is 2. The minimum atomic E-state index is -0.0311. The van der Waals surface area contributed by atoms with Crippen LogP contribution in [0.1, 0.15) is 23.7 Å². The lowest BCUT2D eigenvalue weighted by Gasteiger charge is -2.25. The van der Waals surface area contributed by atoms with Gasteiger partial charge in [0, 0.05) is 23.7 Å². The maximum absolute atomic E-state index is 6.49. The monoisotopic (exact) mass is 474 g/mol. The van der Waals surface area contributed by atoms with Crippen LogP contribution in [-0.4, -0.2) is 66.0 Å². The van der Waals surface area contributed by atoms with Gasteiger partial charge in [-0.05, 0) is 68.4 Å². The van der Waals surface area contributed by atoms with E-state index in [0.29, 0.717) is 36.1 Å². The van der Waals surface area contributed by atoms with E-state index in [0.717, 1.165) is 53.0 Å². The predicted molar refractivity (Wildman–Crippen MR) is 135 cm³/mol. The molecule has 0 aliphatic carbocycles. The van der Waals surface area contributed by atoms with Gasteiger partial charge in [0.15, 0.2) is 0 Å². The van der Waals surface area contributed by atoms with Gasteiger partial charge in [-0.15, -0.1) is 0 Å². The first-order chi connectivity index (χ1) is 17.0. The van der Waals surface area contributed by atoms with Crippen LogP contribution in [0.3, 0.4) is 0 Å². The molecule has 2 aromatic heterocycles. The molecule has 4 aromatic rings. The summed E-state index contributed by atoms with van der Waals surface area (Å²) in [5.74, 6) is 3.39. The van der Waals surface area contributed by atoms with Gasteiger partial charge in [-0.1, -0.05) is 0 Å². The van der Waals surface area contributed by atoms with Gasteiger partial charge >= 0.3 is 0 Å². The van der Waals surface area contributed by atoms with Crippen LogP contribution in [0, 0.1) is 0 Å². The smallest absolute Gasteiger partial charge is 0.146 e. The molecular formula is C26H30N6O3. The van der Waals surface area contributed by atoms with Gasteiger partial charge in [0.1, 0.15) is 34.4 Å². The summed E-state index contributed by atoms with van der Waals surface area (Å²) in [5.41, 5.74) is 10.2. The molecule has 2 aromatic carbocycles. The Morgan fingerprint density at radius 2 is 2.06 bits per heavy atom. The summed E-state index contributed by atoms with van der Waals surface area (Å²) >= 11 is 0. The first-order valence-corrected chi connectivity index (χ1v) is 11.7. The number of methoxy groups -OCH3 is 1. The zero-order valence-electron chi connectivity index (χ0n) is 20.2. The molecule has 0 spiro atoms. The fourth-order valence-corrected chi connectivity index (χ4v) is 4.34. The summed E-state index contributed by atoms with van der Waals surface area (Å²) < 4.78 is 17.6. The molecule has 0 saturated carbocycles. The lowest BCUT2D eigenvalue weighted by molar-refractivity contribution is 0.257. The maximum atomic E-state index is 6.49. The molecule has 9 heteroatoms. The highest BCUT2D eigenvalue weighted by Gasteiger charge is 2.26. The fourth-order valence-electron chi connectivity index (χ4n) is 4.34. The number of anilines is 1. The quantitative estimate of drug-likeness (QED) is 0.372. The number of rotatable bonds is 8. The fraction of sp³-hybridized carbons (Fsp3) is 0.346. The maximum Gasteiger partial charge on any atom is 0.146 e. The van der Waals surface area contributed by atoms with Crippen molar-refractivity contribution in [3.8, 4) is 28.4 Å². The molecule has 1 aliphatic heterocycles. The number of H-pyrrole nitrogens is 1. The van der Waals surface area contributed by atoms with Gasteiger partial charge in [-0.3, -0.25) is 5.10 Å². The first kappa shape index (κ1) is 22.9. The van der Waals surface area contributed by atoms with E-state index >= 15 is 0 Å². The zero-order chi connectivity index (χ0) is 24.4. The van der Waals surface area contributed by atoms with E-state index in [1.54, 1.807) is 13.3 Å². The third kappa shape index (κ3) is 4.85. The van der Waals surface area contributed by atoms with E-state index in [1.165, 1.54) is 0 Å². The molecule has 9 nitrogen and oxygen atoms in total. The Labute approximate surface area is 204 Å². The van der Waals surface area contributed by atoms with Crippen LogP contribution in [0.25, 0.3) is 22.0 Å². The highest BCUT2D eigenvalue weighted by molar-refractivity contribution is 5.96. The van der Waals surface area contributed by atoms with Crippen LogP contribution in [0.5, 0.6) is 17.2 Å². The molecule has 1 aliphatic rings. The number of ether oxygens (including phenoxy) is 3. The number of fused-ring (bicyclic) bond motifs is 2. The van der Waals surface area contributed by atoms with Crippen molar-refractivity contribution in [3.05, 3.63) is 54.1 Å². The van der Waals surface area contributed by atoms with Crippen LogP contribution in [0.15, 0.2) is 42.7 Å². The third-order valence-electron chi connectivity index (χ3n) is 6.19. The Hall–Kier alpha value is -3.85. The molecular weight excluding hydrogens is 444 g/mol. The standard InChI is InChI=1S/C26H30N6O3/c1-32(2)7-4-8-34-23-12-16(19-13-28-29-14-19)11-21-24(23)30-26(31-25(21)27)18-9-17-10-20(33-3)5-6-22(17)35-15-18/h5-6,10-14,18H,4,7-9,15H2,1-3H3,(H,28,29)(H2,27,30,31). The van der Waals surface area contributed by atoms with E-state index in [-0.39, 0.29) is 5.92 Å². The average molecular weight is 475 g/mol. The highest BCUT2D eigenvalue weighted by atomic mass is 16.5. The van der Waals surface area contributed by atoms with Gasteiger partial charge in [0.05, 0.1) is 32.4 Å². The van der Waals surface area contributed by atoms with E-state index in [9.17, 15) is 0 Å². The normalized spacial score (nSPS) is 15.1. The molecule has 5 rings (SSSR count). The molecule has 182 valence electrons. The molecule has 0 fully saturated rings. The summed E-state index contributed by atoms with van der Waals surface area (Å²) in [6.07, 6.45) is 5.25. The molecule has 0 radical (unpaired) electrons. The Kier molecular flexibility index (Phi) is 6.41. The number of nitrogens with two attached hydrogens (primary N) is 1. The second-order valence-corrected chi connectivity index (χ2v) is 9.02. The predicted octanol–water partition coefficient (Wildman–Crippen LogP) is 3.66. The number of nitrogens with zero attached hydrogens (tertiary/aromatic N) is 4. The number of hydrogen-bond acceptors (Lipinski definition) is 8. The van der Waals surface area contributed by atoms with Gasteiger partial charge in [-0.2, -0.15) is 5.10 Å². The number of aromatic amines is 1. The van der Waals surface area contributed by atoms with E-state index in [2.05, 4.69) is 29.2 Å². The van der Waals surface area contributed by atoms with Crippen molar-refractivity contribution in [1.82, 2.24) is 25.1 Å². The van der Waals surface area contributed by atoms with Crippen LogP contribution >= 0.6 is 0 Å². The molecule has 0 saturated heterocycles. The number of nitrogen functional groups attached to an aromatic ring is 1. The second kappa shape index (κ2) is 9.79. The summed E-state index contributed by atoms with van der Waals surface area (Å²) in [6, 6.07) is 9.83. The topological polar surface area (TPSA) is 111 Å². The number of nitrogens with one attached hydrogen (secondary N) is 1. The molecule has 0 amide bonds. The Balaban J connectivity index is 1.51. The van der Waals surface area contributed by atoms with Crippen molar-refractivity contribution >= 4 is 16.7 Å². The van der Waals surface area contributed by atoms with Crippen LogP contribution in [0.2, 0.25) is 0 Å². The lowest BCUT2D eigenvalue weighted by Crippen LogP contribution is -2.22. The molecule has 35 heavy (non-hydrogen) atoms. The second-order valence-electron chi connectivity index (χ2n) is 9.02. The number of hydrogen-bond donors (Lipinski definition) is 2. The Morgan fingerprint density at radius 3 is 2.83 bits per heavy atom. The summed E-state index contributed by atoms with van der Waals surface area (Å²) in [5, 5.41) is 7.69. The molecule has 1 atom stereocenters. The van der Waals surface area contributed by atoms with Crippen molar-refractivity contribution < 1.29 is 14.2 Å². The van der Waals surface area contributed by atoms with Gasteiger partial charge in [0.2, 0.25) is 0 Å². The SMILES string of the molecule is COc1ccc2c(c1)CC(c1nc(N)c3cc(-c4cn[nH]c4)cc(OCCCN(C)C)c3n1)CO2. The third-order valence-corrected chi connectivity index (χ3v) is 6.19. The van der Waals surface area contributed by atoms with Crippen molar-refractivity contribution in [2.75, 3.05) is 46.7 Å². The van der Waals surface area contributed by atoms with Crippen molar-refractivity contribution in [1.29, 1.82) is 0 Å². The van der Waals surface area contributed by atoms with E-state index < -0.39 is 0 Å². The average Bonchev–Trinajstić information content (AvgIpc) is 3.41. The van der Waals surface area contributed by atoms with Crippen molar-refractivity contribution in [3.63, 3.8) is 0 Å². The molecule has 0 bridgehead atoms. The lowest BCUT2D eigenvalue weighted by atomic mass is 9.95. The summed E-state index contributed by atoms with van der Waals surface area (Å²) in [7, 11) is 5.76. The minimum Gasteiger partial charge on any atom is -0.497 e.